The van der Waals surface area contributed by atoms with Crippen LogP contribution >= 0.6 is 11.8 Å². The lowest BCUT2D eigenvalue weighted by Gasteiger charge is -2.18. The van der Waals surface area contributed by atoms with Crippen molar-refractivity contribution in [1.82, 2.24) is 19.5 Å². The van der Waals surface area contributed by atoms with Gasteiger partial charge in [-0.05, 0) is 43.5 Å². The molecule has 0 aliphatic heterocycles. The number of benzene rings is 2. The molecule has 4 aromatic rings. The highest BCUT2D eigenvalue weighted by atomic mass is 32.2. The fourth-order valence-corrected chi connectivity index (χ4v) is 3.63. The van der Waals surface area contributed by atoms with Gasteiger partial charge in [0.05, 0.1) is 17.1 Å². The summed E-state index contributed by atoms with van der Waals surface area (Å²) >= 11 is 1.65. The summed E-state index contributed by atoms with van der Waals surface area (Å²) in [6, 6.07) is 12.4. The number of rotatable bonds is 5. The molecule has 0 fully saturated rings. The van der Waals surface area contributed by atoms with Gasteiger partial charge >= 0.3 is 0 Å². The lowest BCUT2D eigenvalue weighted by Crippen LogP contribution is -2.15. The molecule has 5 N–H and O–H groups in total. The lowest BCUT2D eigenvalue weighted by molar-refractivity contribution is 0.629. The Balaban J connectivity index is 1.85. The standard InChI is InChI=1S/C20H20FN7S/c1-11(26-19-17(22)18(23)24-10-25-19)20-27-15-8-12(21)6-7-16(15)28(20)13-4-3-5-14(9-13)29-2/h3-11H,22H2,1-2H3,(H3,23,24,25,26)/t11-/m1/s1. The number of imidazole rings is 1. The maximum atomic E-state index is 13.8. The average Bonchev–Trinajstić information content (AvgIpc) is 3.10. The van der Waals surface area contributed by atoms with Crippen LogP contribution in [0.3, 0.4) is 0 Å². The Morgan fingerprint density at radius 1 is 1.14 bits per heavy atom. The van der Waals surface area contributed by atoms with E-state index >= 15 is 0 Å². The number of nitrogens with one attached hydrogen (secondary N) is 1. The molecule has 0 saturated heterocycles. The van der Waals surface area contributed by atoms with Crippen LogP contribution in [-0.4, -0.2) is 25.8 Å². The lowest BCUT2D eigenvalue weighted by atomic mass is 10.2. The Morgan fingerprint density at radius 3 is 2.76 bits per heavy atom. The van der Waals surface area contributed by atoms with Crippen molar-refractivity contribution in [2.24, 2.45) is 0 Å². The average molecular weight is 409 g/mol. The van der Waals surface area contributed by atoms with Gasteiger partial charge in [-0.3, -0.25) is 4.57 Å². The number of nitrogens with two attached hydrogens (primary N) is 2. The minimum atomic E-state index is -0.333. The minimum Gasteiger partial charge on any atom is -0.393 e. The van der Waals surface area contributed by atoms with Crippen molar-refractivity contribution in [3.8, 4) is 5.69 Å². The maximum Gasteiger partial charge on any atom is 0.155 e. The van der Waals surface area contributed by atoms with Gasteiger partial charge in [0.1, 0.15) is 23.7 Å². The SMILES string of the molecule is CSc1cccc(-n2c([C@@H](C)Nc3ncnc(N)c3N)nc3cc(F)ccc32)c1. The molecule has 9 heteroatoms. The summed E-state index contributed by atoms with van der Waals surface area (Å²) in [5, 5.41) is 3.24. The van der Waals surface area contributed by atoms with Crippen molar-refractivity contribution in [1.29, 1.82) is 0 Å². The van der Waals surface area contributed by atoms with Gasteiger partial charge in [0.25, 0.3) is 0 Å². The molecular formula is C20H20FN7S. The second-order valence-electron chi connectivity index (χ2n) is 6.53. The first-order valence-corrected chi connectivity index (χ1v) is 10.1. The fourth-order valence-electron chi connectivity index (χ4n) is 3.18. The third-order valence-electron chi connectivity index (χ3n) is 4.61. The van der Waals surface area contributed by atoms with Crippen molar-refractivity contribution < 1.29 is 4.39 Å². The van der Waals surface area contributed by atoms with Crippen LogP contribution < -0.4 is 16.8 Å². The van der Waals surface area contributed by atoms with E-state index in [2.05, 4.69) is 21.4 Å². The van der Waals surface area contributed by atoms with Gasteiger partial charge in [0.2, 0.25) is 0 Å². The third kappa shape index (κ3) is 3.56. The first-order chi connectivity index (χ1) is 14.0. The van der Waals surface area contributed by atoms with Crippen LogP contribution in [0.4, 0.5) is 21.7 Å². The Kier molecular flexibility index (Phi) is 4.98. The van der Waals surface area contributed by atoms with Crippen LogP contribution in [0, 0.1) is 5.82 Å². The van der Waals surface area contributed by atoms with Crippen molar-refractivity contribution in [3.05, 3.63) is 60.4 Å². The molecule has 2 aromatic heterocycles. The van der Waals surface area contributed by atoms with Gasteiger partial charge in [-0.1, -0.05) is 6.07 Å². The summed E-state index contributed by atoms with van der Waals surface area (Å²) in [6.07, 6.45) is 3.37. The Morgan fingerprint density at radius 2 is 1.97 bits per heavy atom. The first kappa shape index (κ1) is 19.0. The van der Waals surface area contributed by atoms with Gasteiger partial charge in [0, 0.05) is 16.6 Å². The molecule has 0 bridgehead atoms. The van der Waals surface area contributed by atoms with Gasteiger partial charge in [-0.25, -0.2) is 19.3 Å². The van der Waals surface area contributed by atoms with E-state index in [1.54, 1.807) is 17.8 Å². The summed E-state index contributed by atoms with van der Waals surface area (Å²) in [5.74, 6) is 0.992. The molecule has 0 spiro atoms. The molecule has 0 amide bonds. The van der Waals surface area contributed by atoms with E-state index in [9.17, 15) is 4.39 Å². The zero-order valence-corrected chi connectivity index (χ0v) is 16.7. The summed E-state index contributed by atoms with van der Waals surface area (Å²) in [4.78, 5) is 13.9. The molecule has 4 rings (SSSR count). The molecule has 29 heavy (non-hydrogen) atoms. The third-order valence-corrected chi connectivity index (χ3v) is 5.33. The quantitative estimate of drug-likeness (QED) is 0.427. The molecule has 7 nitrogen and oxygen atoms in total. The highest BCUT2D eigenvalue weighted by molar-refractivity contribution is 7.98. The number of halogens is 1. The van der Waals surface area contributed by atoms with Crippen LogP contribution in [-0.2, 0) is 0 Å². The molecule has 148 valence electrons. The first-order valence-electron chi connectivity index (χ1n) is 8.92. The Labute approximate surface area is 171 Å². The highest BCUT2D eigenvalue weighted by Gasteiger charge is 2.20. The maximum absolute atomic E-state index is 13.8. The topological polar surface area (TPSA) is 108 Å². The van der Waals surface area contributed by atoms with E-state index < -0.39 is 0 Å². The van der Waals surface area contributed by atoms with Crippen LogP contribution in [0.25, 0.3) is 16.7 Å². The summed E-state index contributed by atoms with van der Waals surface area (Å²) in [7, 11) is 0. The van der Waals surface area contributed by atoms with Crippen molar-refractivity contribution >= 4 is 40.1 Å². The summed E-state index contributed by atoms with van der Waals surface area (Å²) in [5.41, 5.74) is 14.4. The van der Waals surface area contributed by atoms with Crippen LogP contribution in [0.2, 0.25) is 0 Å². The second-order valence-corrected chi connectivity index (χ2v) is 7.41. The number of hydrogen-bond acceptors (Lipinski definition) is 7. The van der Waals surface area contributed by atoms with Crippen LogP contribution in [0.5, 0.6) is 0 Å². The monoisotopic (exact) mass is 409 g/mol. The number of fused-ring (bicyclic) bond motifs is 1. The smallest absolute Gasteiger partial charge is 0.155 e. The number of nitrogen functional groups attached to an aromatic ring is 2. The number of nitrogens with zero attached hydrogens (tertiary/aromatic N) is 4. The van der Waals surface area contributed by atoms with Crippen molar-refractivity contribution in [2.45, 2.75) is 17.9 Å². The number of hydrogen-bond donors (Lipinski definition) is 3. The fraction of sp³-hybridized carbons (Fsp3) is 0.150. The van der Waals surface area contributed by atoms with Gasteiger partial charge < -0.3 is 16.8 Å². The number of anilines is 3. The summed E-state index contributed by atoms with van der Waals surface area (Å²) < 4.78 is 15.8. The predicted molar refractivity (Wildman–Crippen MR) is 116 cm³/mol. The van der Waals surface area contributed by atoms with Gasteiger partial charge in [0.15, 0.2) is 11.6 Å². The van der Waals surface area contributed by atoms with Crippen molar-refractivity contribution in [2.75, 3.05) is 23.0 Å². The Bertz CT molecular complexity index is 1190. The number of thioether (sulfide) groups is 1. The van der Waals surface area contributed by atoms with E-state index in [1.165, 1.54) is 18.5 Å². The normalized spacial score (nSPS) is 12.2. The molecule has 1 atom stereocenters. The zero-order chi connectivity index (χ0) is 20.5. The number of aromatic nitrogens is 4. The predicted octanol–water partition coefficient (Wildman–Crippen LogP) is 4.01. The second kappa shape index (κ2) is 7.59. The van der Waals surface area contributed by atoms with Crippen LogP contribution in [0.15, 0.2) is 53.7 Å². The van der Waals surface area contributed by atoms with E-state index in [4.69, 9.17) is 16.5 Å². The summed E-state index contributed by atoms with van der Waals surface area (Å²) in [6.45, 7) is 1.93. The largest absolute Gasteiger partial charge is 0.393 e. The molecule has 2 heterocycles. The molecule has 0 aliphatic rings. The molecular weight excluding hydrogens is 389 g/mol. The molecule has 0 saturated carbocycles. The van der Waals surface area contributed by atoms with E-state index in [0.29, 0.717) is 17.2 Å². The van der Waals surface area contributed by atoms with E-state index in [1.807, 2.05) is 35.9 Å². The zero-order valence-electron chi connectivity index (χ0n) is 15.9. The molecule has 2 aromatic carbocycles. The minimum absolute atomic E-state index is 0.206. The van der Waals surface area contributed by atoms with E-state index in [-0.39, 0.29) is 23.4 Å². The van der Waals surface area contributed by atoms with Gasteiger partial charge in [-0.2, -0.15) is 0 Å². The molecule has 0 aliphatic carbocycles. The van der Waals surface area contributed by atoms with Crippen molar-refractivity contribution in [3.63, 3.8) is 0 Å². The van der Waals surface area contributed by atoms with Gasteiger partial charge in [-0.15, -0.1) is 11.8 Å². The molecule has 0 radical (unpaired) electrons. The molecule has 0 unspecified atom stereocenters. The van der Waals surface area contributed by atoms with E-state index in [0.717, 1.165) is 16.1 Å². The Hall–Kier alpha value is -3.33. The highest BCUT2D eigenvalue weighted by Crippen LogP contribution is 2.30. The van der Waals surface area contributed by atoms with Crippen LogP contribution in [0.1, 0.15) is 18.8 Å².